The van der Waals surface area contributed by atoms with Crippen LogP contribution < -0.4 is 0 Å². The summed E-state index contributed by atoms with van der Waals surface area (Å²) >= 11 is 0. The Morgan fingerprint density at radius 2 is 0.769 bits per heavy atom. The number of nitrogens with zero attached hydrogens (tertiary/aromatic N) is 3. The van der Waals surface area contributed by atoms with Crippen molar-refractivity contribution in [1.82, 2.24) is 14.1 Å². The highest BCUT2D eigenvalue weighted by Crippen LogP contribution is 2.39. The first-order valence-corrected chi connectivity index (χ1v) is 17.5. The van der Waals surface area contributed by atoms with Crippen molar-refractivity contribution in [1.29, 1.82) is 0 Å². The first-order valence-electron chi connectivity index (χ1n) is 17.5. The van der Waals surface area contributed by atoms with E-state index >= 15 is 0 Å². The van der Waals surface area contributed by atoms with Crippen molar-refractivity contribution in [3.8, 4) is 22.5 Å². The van der Waals surface area contributed by atoms with Crippen LogP contribution in [0.2, 0.25) is 0 Å². The van der Waals surface area contributed by atoms with Gasteiger partial charge >= 0.3 is 0 Å². The molecule has 242 valence electrons. The lowest BCUT2D eigenvalue weighted by molar-refractivity contribution is 0.654. The molecule has 12 rings (SSSR count). The maximum atomic E-state index is 6.37. The molecule has 5 aromatic heterocycles. The zero-order valence-corrected chi connectivity index (χ0v) is 27.7. The predicted octanol–water partition coefficient (Wildman–Crippen LogP) is 12.7. The maximum absolute atomic E-state index is 6.37. The van der Waals surface area contributed by atoms with Crippen LogP contribution in [0.5, 0.6) is 0 Å². The van der Waals surface area contributed by atoms with Crippen LogP contribution in [0.3, 0.4) is 0 Å². The minimum absolute atomic E-state index is 0.628. The number of hydrogen-bond acceptors (Lipinski definition) is 3. The van der Waals surface area contributed by atoms with E-state index in [0.29, 0.717) is 5.71 Å². The Balaban J connectivity index is 1.02. The van der Waals surface area contributed by atoms with Crippen molar-refractivity contribution in [3.05, 3.63) is 164 Å². The Morgan fingerprint density at radius 1 is 0.346 bits per heavy atom. The second-order valence-corrected chi connectivity index (χ2v) is 13.6. The van der Waals surface area contributed by atoms with Gasteiger partial charge in [-0.25, -0.2) is 4.98 Å². The molecule has 7 aromatic carbocycles. The minimum atomic E-state index is 0.628. The molecule has 5 heterocycles. The van der Waals surface area contributed by atoms with E-state index in [-0.39, 0.29) is 0 Å². The smallest absolute Gasteiger partial charge is 0.227 e. The molecule has 52 heavy (non-hydrogen) atoms. The van der Waals surface area contributed by atoms with Gasteiger partial charge in [-0.15, -0.1) is 0 Å². The van der Waals surface area contributed by atoms with Crippen LogP contribution in [0, 0.1) is 0 Å². The third-order valence-electron chi connectivity index (χ3n) is 10.8. The van der Waals surface area contributed by atoms with Crippen molar-refractivity contribution in [2.24, 2.45) is 0 Å². The van der Waals surface area contributed by atoms with Gasteiger partial charge in [0.1, 0.15) is 16.7 Å². The van der Waals surface area contributed by atoms with Crippen molar-refractivity contribution in [2.45, 2.75) is 0 Å². The minimum Gasteiger partial charge on any atom is -0.456 e. The van der Waals surface area contributed by atoms with E-state index in [1.54, 1.807) is 0 Å². The molecule has 0 amide bonds. The molecule has 12 aromatic rings. The molecule has 0 spiro atoms. The monoisotopic (exact) mass is 665 g/mol. The molecule has 0 aliphatic rings. The third-order valence-corrected chi connectivity index (χ3v) is 10.8. The van der Waals surface area contributed by atoms with Gasteiger partial charge in [0.25, 0.3) is 0 Å². The average molecular weight is 666 g/mol. The molecule has 0 saturated heterocycles. The molecule has 0 radical (unpaired) electrons. The van der Waals surface area contributed by atoms with Crippen molar-refractivity contribution < 1.29 is 8.83 Å². The quantitative estimate of drug-likeness (QED) is 0.189. The molecule has 5 heteroatoms. The SMILES string of the molecule is c1ccc2c(c1)c1ccccc1n2-c1ccc2oc3ccc(-c4cnc5oc6ccc(-n7c8ccccc8c8ccccc87)cc6c5c4)cc3c2c1. The van der Waals surface area contributed by atoms with Crippen molar-refractivity contribution in [2.75, 3.05) is 0 Å². The van der Waals surface area contributed by atoms with Gasteiger partial charge in [-0.05, 0) is 84.4 Å². The van der Waals surface area contributed by atoms with Gasteiger partial charge in [-0.2, -0.15) is 0 Å². The van der Waals surface area contributed by atoms with Crippen LogP contribution in [0.4, 0.5) is 0 Å². The molecular weight excluding hydrogens is 639 g/mol. The van der Waals surface area contributed by atoms with Crippen LogP contribution in [0.1, 0.15) is 0 Å². The average Bonchev–Trinajstić information content (AvgIpc) is 3.94. The van der Waals surface area contributed by atoms with Crippen LogP contribution in [0.15, 0.2) is 173 Å². The standard InChI is InChI=1S/C47H27N3O2/c1-5-13-40-32(9-1)33-10-2-6-14-41(33)49(40)30-18-21-45-37(25-30)36-23-28(17-20-44(36)51-45)29-24-39-38-26-31(19-22-46(38)52-47(39)48-27-29)50-42-15-7-3-11-34(42)35-12-4-8-16-43(35)50/h1-27H. The summed E-state index contributed by atoms with van der Waals surface area (Å²) < 4.78 is 17.3. The molecular formula is C47H27N3O2. The summed E-state index contributed by atoms with van der Waals surface area (Å²) in [6.07, 6.45) is 1.91. The lowest BCUT2D eigenvalue weighted by Crippen LogP contribution is -1.93. The Labute approximate surface area is 296 Å². The maximum Gasteiger partial charge on any atom is 0.227 e. The third kappa shape index (κ3) is 3.79. The zero-order valence-electron chi connectivity index (χ0n) is 27.7. The van der Waals surface area contributed by atoms with Gasteiger partial charge in [-0.3, -0.25) is 0 Å². The summed E-state index contributed by atoms with van der Waals surface area (Å²) in [6, 6.07) is 56.0. The number of para-hydroxylation sites is 4. The van der Waals surface area contributed by atoms with E-state index in [4.69, 9.17) is 13.8 Å². The zero-order chi connectivity index (χ0) is 33.9. The number of benzene rings is 7. The molecule has 0 saturated carbocycles. The summed E-state index contributed by atoms with van der Waals surface area (Å²) in [7, 11) is 0. The lowest BCUT2D eigenvalue weighted by Gasteiger charge is -2.08. The highest BCUT2D eigenvalue weighted by Gasteiger charge is 2.17. The molecule has 0 fully saturated rings. The van der Waals surface area contributed by atoms with E-state index in [1.165, 1.54) is 43.6 Å². The fourth-order valence-electron chi connectivity index (χ4n) is 8.43. The summed E-state index contributed by atoms with van der Waals surface area (Å²) in [5, 5.41) is 9.14. The van der Waals surface area contributed by atoms with Gasteiger partial charge in [0.05, 0.1) is 22.1 Å². The van der Waals surface area contributed by atoms with Crippen molar-refractivity contribution >= 4 is 87.6 Å². The highest BCUT2D eigenvalue weighted by atomic mass is 16.3. The summed E-state index contributed by atoms with van der Waals surface area (Å²) in [4.78, 5) is 4.82. The number of aromatic nitrogens is 3. The van der Waals surface area contributed by atoms with Crippen LogP contribution >= 0.6 is 0 Å². The number of furan rings is 2. The topological polar surface area (TPSA) is 49.0 Å². The first-order chi connectivity index (χ1) is 25.8. The molecule has 0 N–H and O–H groups in total. The van der Waals surface area contributed by atoms with Gasteiger partial charge in [0.15, 0.2) is 0 Å². The Morgan fingerprint density at radius 3 is 1.31 bits per heavy atom. The summed E-state index contributed by atoms with van der Waals surface area (Å²) in [5.74, 6) is 0. The van der Waals surface area contributed by atoms with Crippen LogP contribution in [-0.2, 0) is 0 Å². The lowest BCUT2D eigenvalue weighted by atomic mass is 10.0. The molecule has 0 aliphatic heterocycles. The molecule has 5 nitrogen and oxygen atoms in total. The van der Waals surface area contributed by atoms with E-state index in [1.807, 2.05) is 6.20 Å². The highest BCUT2D eigenvalue weighted by molar-refractivity contribution is 6.12. The van der Waals surface area contributed by atoms with Gasteiger partial charge < -0.3 is 18.0 Å². The van der Waals surface area contributed by atoms with Crippen LogP contribution in [0.25, 0.3) is 110 Å². The summed E-state index contributed by atoms with van der Waals surface area (Å²) in [5.41, 5.74) is 12.2. The number of rotatable bonds is 3. The van der Waals surface area contributed by atoms with E-state index in [0.717, 1.165) is 60.8 Å². The van der Waals surface area contributed by atoms with Gasteiger partial charge in [-0.1, -0.05) is 78.9 Å². The van der Waals surface area contributed by atoms with E-state index < -0.39 is 0 Å². The number of hydrogen-bond donors (Lipinski definition) is 0. The predicted molar refractivity (Wildman–Crippen MR) is 213 cm³/mol. The van der Waals surface area contributed by atoms with Crippen LogP contribution in [-0.4, -0.2) is 14.1 Å². The first kappa shape index (κ1) is 27.7. The molecule has 0 bridgehead atoms. The second-order valence-electron chi connectivity index (χ2n) is 13.6. The Kier molecular flexibility index (Phi) is 5.44. The molecule has 0 atom stereocenters. The van der Waals surface area contributed by atoms with E-state index in [9.17, 15) is 0 Å². The Hall–Kier alpha value is -7.11. The number of fused-ring (bicyclic) bond motifs is 12. The number of pyridine rings is 1. The van der Waals surface area contributed by atoms with Gasteiger partial charge in [0.2, 0.25) is 5.71 Å². The van der Waals surface area contributed by atoms with Crippen molar-refractivity contribution in [3.63, 3.8) is 0 Å². The normalized spacial score (nSPS) is 12.2. The fourth-order valence-corrected chi connectivity index (χ4v) is 8.43. The second kappa shape index (κ2) is 10.2. The fraction of sp³-hybridized carbons (Fsp3) is 0. The Bertz CT molecular complexity index is 3090. The van der Waals surface area contributed by atoms with E-state index in [2.05, 4.69) is 167 Å². The van der Waals surface area contributed by atoms with Gasteiger partial charge in [0, 0.05) is 66.2 Å². The molecule has 0 aliphatic carbocycles. The summed E-state index contributed by atoms with van der Waals surface area (Å²) in [6.45, 7) is 0. The molecule has 0 unspecified atom stereocenters. The largest absolute Gasteiger partial charge is 0.456 e.